The maximum Gasteiger partial charge on any atom is 0.265 e. The summed E-state index contributed by atoms with van der Waals surface area (Å²) in [6.07, 6.45) is 1.82. The molecule has 0 saturated carbocycles. The number of carbonyl (C=O) groups excluding carboxylic acids is 1. The van der Waals surface area contributed by atoms with Gasteiger partial charge in [0.05, 0.1) is 5.69 Å². The summed E-state index contributed by atoms with van der Waals surface area (Å²) in [6, 6.07) is 17.2. The minimum absolute atomic E-state index is 0.146. The minimum Gasteiger partial charge on any atom is -0.480 e. The fraction of sp³-hybridized carbons (Fsp3) is 0.150. The molecular weight excluding hydrogens is 314 g/mol. The summed E-state index contributed by atoms with van der Waals surface area (Å²) in [5.41, 5.74) is 3.54. The molecule has 25 heavy (non-hydrogen) atoms. The van der Waals surface area contributed by atoms with Gasteiger partial charge in [0.1, 0.15) is 11.6 Å². The van der Waals surface area contributed by atoms with Crippen molar-refractivity contribution in [3.63, 3.8) is 0 Å². The van der Waals surface area contributed by atoms with Crippen LogP contribution < -0.4 is 10.1 Å². The number of anilines is 1. The second-order valence-electron chi connectivity index (χ2n) is 5.98. The molecule has 2 heterocycles. The van der Waals surface area contributed by atoms with E-state index in [9.17, 15) is 4.79 Å². The maximum absolute atomic E-state index is 12.5. The third kappa shape index (κ3) is 3.21. The van der Waals surface area contributed by atoms with E-state index >= 15 is 0 Å². The van der Waals surface area contributed by atoms with E-state index in [1.165, 1.54) is 0 Å². The van der Waals surface area contributed by atoms with E-state index in [0.29, 0.717) is 12.2 Å². The first-order chi connectivity index (χ1) is 12.2. The van der Waals surface area contributed by atoms with Gasteiger partial charge in [-0.3, -0.25) is 4.79 Å². The number of fused-ring (bicyclic) bond motifs is 1. The molecule has 1 amide bonds. The highest BCUT2D eigenvalue weighted by molar-refractivity contribution is 5.95. The Morgan fingerprint density at radius 3 is 2.88 bits per heavy atom. The highest BCUT2D eigenvalue weighted by Crippen LogP contribution is 2.29. The zero-order valence-corrected chi connectivity index (χ0v) is 13.8. The lowest BCUT2D eigenvalue weighted by molar-refractivity contribution is -0.122. The second-order valence-corrected chi connectivity index (χ2v) is 5.98. The quantitative estimate of drug-likeness (QED) is 0.799. The number of nitrogens with zero attached hydrogens (tertiary/aromatic N) is 2. The lowest BCUT2D eigenvalue weighted by atomic mass is 10.1. The van der Waals surface area contributed by atoms with Gasteiger partial charge in [-0.15, -0.1) is 0 Å². The van der Waals surface area contributed by atoms with Gasteiger partial charge < -0.3 is 10.1 Å². The van der Waals surface area contributed by atoms with Crippen LogP contribution in [0.2, 0.25) is 0 Å². The number of ether oxygens (including phenoxy) is 1. The van der Waals surface area contributed by atoms with Gasteiger partial charge in [0.2, 0.25) is 0 Å². The van der Waals surface area contributed by atoms with Crippen LogP contribution in [0.4, 0.5) is 5.69 Å². The number of para-hydroxylation sites is 1. The van der Waals surface area contributed by atoms with Crippen LogP contribution in [0.3, 0.4) is 0 Å². The average Bonchev–Trinajstić information content (AvgIpc) is 3.06. The number of hydrogen-bond acceptors (Lipinski definition) is 4. The van der Waals surface area contributed by atoms with Crippen molar-refractivity contribution < 1.29 is 9.53 Å². The van der Waals surface area contributed by atoms with Crippen LogP contribution in [0.5, 0.6) is 5.75 Å². The second kappa shape index (κ2) is 6.36. The van der Waals surface area contributed by atoms with Crippen LogP contribution in [0, 0.1) is 6.92 Å². The fourth-order valence-electron chi connectivity index (χ4n) is 2.92. The fourth-order valence-corrected chi connectivity index (χ4v) is 2.92. The summed E-state index contributed by atoms with van der Waals surface area (Å²) in [5, 5.41) is 2.94. The smallest absolute Gasteiger partial charge is 0.265 e. The Hall–Kier alpha value is -3.21. The highest BCUT2D eigenvalue weighted by atomic mass is 16.5. The van der Waals surface area contributed by atoms with Crippen LogP contribution in [0.25, 0.3) is 11.3 Å². The summed E-state index contributed by atoms with van der Waals surface area (Å²) in [5.74, 6) is 1.35. The monoisotopic (exact) mass is 331 g/mol. The summed E-state index contributed by atoms with van der Waals surface area (Å²) < 4.78 is 5.74. The van der Waals surface area contributed by atoms with Gasteiger partial charge in [-0.25, -0.2) is 9.97 Å². The van der Waals surface area contributed by atoms with Gasteiger partial charge in [0.25, 0.3) is 5.91 Å². The van der Waals surface area contributed by atoms with E-state index in [0.717, 1.165) is 28.3 Å². The molecule has 2 aromatic carbocycles. The summed E-state index contributed by atoms with van der Waals surface area (Å²) in [6.45, 7) is 1.85. The molecule has 0 radical (unpaired) electrons. The molecule has 1 aromatic heterocycles. The number of rotatable bonds is 3. The molecular formula is C20H17N3O2. The SMILES string of the molecule is Cc1nccc(-c2cccc(NC(=O)C3Cc4ccccc4O3)c2)n1. The van der Waals surface area contributed by atoms with Crippen LogP contribution in [-0.2, 0) is 11.2 Å². The summed E-state index contributed by atoms with van der Waals surface area (Å²) in [4.78, 5) is 21.1. The number of amides is 1. The number of aromatic nitrogens is 2. The topological polar surface area (TPSA) is 64.1 Å². The van der Waals surface area contributed by atoms with Crippen molar-refractivity contribution in [2.75, 3.05) is 5.32 Å². The first kappa shape index (κ1) is 15.3. The van der Waals surface area contributed by atoms with Crippen LogP contribution in [0.15, 0.2) is 60.8 Å². The van der Waals surface area contributed by atoms with Crippen LogP contribution >= 0.6 is 0 Å². The molecule has 1 N–H and O–H groups in total. The number of aryl methyl sites for hydroxylation is 1. The number of nitrogens with one attached hydrogen (secondary N) is 1. The molecule has 5 nitrogen and oxygen atoms in total. The molecule has 0 bridgehead atoms. The molecule has 0 spiro atoms. The lowest BCUT2D eigenvalue weighted by Crippen LogP contribution is -2.31. The van der Waals surface area contributed by atoms with Gasteiger partial charge in [0.15, 0.2) is 6.10 Å². The van der Waals surface area contributed by atoms with Crippen molar-refractivity contribution in [3.8, 4) is 17.0 Å². The van der Waals surface area contributed by atoms with Crippen molar-refractivity contribution in [2.24, 2.45) is 0 Å². The van der Waals surface area contributed by atoms with Gasteiger partial charge in [0, 0.05) is 23.9 Å². The molecule has 5 heteroatoms. The average molecular weight is 331 g/mol. The van der Waals surface area contributed by atoms with E-state index in [1.54, 1.807) is 6.20 Å². The minimum atomic E-state index is -0.498. The Labute approximate surface area is 145 Å². The number of benzene rings is 2. The van der Waals surface area contributed by atoms with Crippen molar-refractivity contribution in [2.45, 2.75) is 19.4 Å². The normalized spacial score (nSPS) is 15.3. The first-order valence-corrected chi connectivity index (χ1v) is 8.14. The van der Waals surface area contributed by atoms with E-state index in [1.807, 2.05) is 61.5 Å². The third-order valence-corrected chi connectivity index (χ3v) is 4.14. The Morgan fingerprint density at radius 2 is 2.04 bits per heavy atom. The molecule has 0 saturated heterocycles. The zero-order valence-electron chi connectivity index (χ0n) is 13.8. The molecule has 1 aliphatic heterocycles. The maximum atomic E-state index is 12.5. The van der Waals surface area contributed by atoms with Gasteiger partial charge >= 0.3 is 0 Å². The van der Waals surface area contributed by atoms with Gasteiger partial charge in [-0.1, -0.05) is 30.3 Å². The Morgan fingerprint density at radius 1 is 1.16 bits per heavy atom. The van der Waals surface area contributed by atoms with Crippen molar-refractivity contribution in [1.82, 2.24) is 9.97 Å². The predicted octanol–water partition coefficient (Wildman–Crippen LogP) is 3.39. The van der Waals surface area contributed by atoms with Crippen molar-refractivity contribution in [3.05, 3.63) is 72.2 Å². The molecule has 4 rings (SSSR count). The third-order valence-electron chi connectivity index (χ3n) is 4.14. The predicted molar refractivity (Wildman–Crippen MR) is 95.4 cm³/mol. The van der Waals surface area contributed by atoms with Crippen LogP contribution in [0.1, 0.15) is 11.4 Å². The summed E-state index contributed by atoms with van der Waals surface area (Å²) in [7, 11) is 0. The van der Waals surface area contributed by atoms with Gasteiger partial charge in [-0.2, -0.15) is 0 Å². The Balaban J connectivity index is 1.50. The molecule has 0 aliphatic carbocycles. The first-order valence-electron chi connectivity index (χ1n) is 8.14. The van der Waals surface area contributed by atoms with E-state index in [4.69, 9.17) is 4.74 Å². The number of hydrogen-bond donors (Lipinski definition) is 1. The molecule has 1 unspecified atom stereocenters. The molecule has 1 atom stereocenters. The lowest BCUT2D eigenvalue weighted by Gasteiger charge is -2.12. The highest BCUT2D eigenvalue weighted by Gasteiger charge is 2.28. The molecule has 1 aliphatic rings. The van der Waals surface area contributed by atoms with Crippen LogP contribution in [-0.4, -0.2) is 22.0 Å². The van der Waals surface area contributed by atoms with E-state index < -0.39 is 6.10 Å². The molecule has 3 aromatic rings. The molecule has 124 valence electrons. The Kier molecular flexibility index (Phi) is 3.90. The number of carbonyl (C=O) groups is 1. The zero-order chi connectivity index (χ0) is 17.2. The van der Waals surface area contributed by atoms with Gasteiger partial charge in [-0.05, 0) is 36.8 Å². The largest absolute Gasteiger partial charge is 0.480 e. The van der Waals surface area contributed by atoms with E-state index in [-0.39, 0.29) is 5.91 Å². The summed E-state index contributed by atoms with van der Waals surface area (Å²) >= 11 is 0. The Bertz CT molecular complexity index is 914. The van der Waals surface area contributed by atoms with Crippen molar-refractivity contribution >= 4 is 11.6 Å². The standard InChI is InChI=1S/C20H17N3O2/c1-13-21-10-9-17(22-13)14-6-4-7-16(11-14)23-20(24)19-12-15-5-2-3-8-18(15)25-19/h2-11,19H,12H2,1H3,(H,23,24). The van der Waals surface area contributed by atoms with E-state index in [2.05, 4.69) is 15.3 Å². The molecule has 0 fully saturated rings. The van der Waals surface area contributed by atoms with Crippen molar-refractivity contribution in [1.29, 1.82) is 0 Å².